The van der Waals surface area contributed by atoms with E-state index in [9.17, 15) is 22.0 Å². The number of carbonyl (C=O) groups excluding carboxylic acids is 1. The molecule has 1 aliphatic heterocycles. The Hall–Kier alpha value is -2.52. The predicted octanol–water partition coefficient (Wildman–Crippen LogP) is 2.71. The average molecular weight is 396 g/mol. The zero-order chi connectivity index (χ0) is 19.6. The maximum absolute atomic E-state index is 13.8. The SMILES string of the molecule is O=C(Nc1ccc(O)c(F)c1F)C1CCN(S(=O)(=O)c2ccccc2)CC1. The Balaban J connectivity index is 1.64. The lowest BCUT2D eigenvalue weighted by Gasteiger charge is -2.30. The molecule has 9 heteroatoms. The van der Waals surface area contributed by atoms with Gasteiger partial charge in [0.2, 0.25) is 21.7 Å². The van der Waals surface area contributed by atoms with Crippen LogP contribution in [0.15, 0.2) is 47.4 Å². The highest BCUT2D eigenvalue weighted by molar-refractivity contribution is 7.89. The van der Waals surface area contributed by atoms with Crippen LogP contribution in [0.3, 0.4) is 0 Å². The molecule has 0 radical (unpaired) electrons. The van der Waals surface area contributed by atoms with Crippen LogP contribution < -0.4 is 5.32 Å². The van der Waals surface area contributed by atoms with E-state index < -0.39 is 39.2 Å². The standard InChI is InChI=1S/C18H18F2N2O4S/c19-16-14(6-7-15(23)17(16)20)21-18(24)12-8-10-22(11-9-12)27(25,26)13-4-2-1-3-5-13/h1-7,12,23H,8-11H2,(H,21,24). The molecule has 2 aromatic carbocycles. The van der Waals surface area contributed by atoms with Crippen molar-refractivity contribution in [3.8, 4) is 5.75 Å². The van der Waals surface area contributed by atoms with Gasteiger partial charge >= 0.3 is 0 Å². The number of anilines is 1. The second-order valence-corrected chi connectivity index (χ2v) is 8.18. The number of phenols is 1. The van der Waals surface area contributed by atoms with Gasteiger partial charge < -0.3 is 10.4 Å². The maximum Gasteiger partial charge on any atom is 0.243 e. The summed E-state index contributed by atoms with van der Waals surface area (Å²) in [7, 11) is -3.62. The van der Waals surface area contributed by atoms with Crippen molar-refractivity contribution in [1.29, 1.82) is 0 Å². The van der Waals surface area contributed by atoms with Gasteiger partial charge in [-0.2, -0.15) is 8.70 Å². The van der Waals surface area contributed by atoms with Gasteiger partial charge in [0.25, 0.3) is 0 Å². The number of carbonyl (C=O) groups is 1. The minimum absolute atomic E-state index is 0.154. The Kier molecular flexibility index (Phi) is 5.43. The lowest BCUT2D eigenvalue weighted by molar-refractivity contribution is -0.120. The summed E-state index contributed by atoms with van der Waals surface area (Å²) < 4.78 is 53.6. The van der Waals surface area contributed by atoms with E-state index in [4.69, 9.17) is 5.11 Å². The summed E-state index contributed by atoms with van der Waals surface area (Å²) in [6, 6.07) is 10.0. The molecule has 0 aromatic heterocycles. The van der Waals surface area contributed by atoms with Crippen molar-refractivity contribution >= 4 is 21.6 Å². The molecule has 0 saturated carbocycles. The Morgan fingerprint density at radius 3 is 2.30 bits per heavy atom. The molecule has 0 bridgehead atoms. The molecule has 1 saturated heterocycles. The van der Waals surface area contributed by atoms with Gasteiger partial charge in [-0.05, 0) is 37.1 Å². The summed E-state index contributed by atoms with van der Waals surface area (Å²) in [6.07, 6.45) is 0.528. The molecule has 0 spiro atoms. The van der Waals surface area contributed by atoms with E-state index in [1.165, 1.54) is 16.4 Å². The van der Waals surface area contributed by atoms with Crippen LogP contribution >= 0.6 is 0 Å². The first-order valence-electron chi connectivity index (χ1n) is 8.33. The van der Waals surface area contributed by atoms with Gasteiger partial charge in [-0.25, -0.2) is 12.8 Å². The van der Waals surface area contributed by atoms with Crippen LogP contribution in [0.25, 0.3) is 0 Å². The Morgan fingerprint density at radius 1 is 1.04 bits per heavy atom. The number of piperidine rings is 1. The molecule has 1 aliphatic rings. The second kappa shape index (κ2) is 7.61. The normalized spacial score (nSPS) is 16.2. The number of hydrogen-bond acceptors (Lipinski definition) is 4. The molecule has 0 aliphatic carbocycles. The number of benzene rings is 2. The zero-order valence-electron chi connectivity index (χ0n) is 14.2. The number of sulfonamides is 1. The molecule has 27 heavy (non-hydrogen) atoms. The summed E-state index contributed by atoms with van der Waals surface area (Å²) >= 11 is 0. The quantitative estimate of drug-likeness (QED) is 0.778. The molecule has 1 amide bonds. The van der Waals surface area contributed by atoms with E-state index in [1.54, 1.807) is 18.2 Å². The van der Waals surface area contributed by atoms with E-state index in [0.29, 0.717) is 0 Å². The third-order valence-corrected chi connectivity index (χ3v) is 6.44. The number of halogens is 2. The van der Waals surface area contributed by atoms with Gasteiger partial charge in [-0.15, -0.1) is 0 Å². The largest absolute Gasteiger partial charge is 0.505 e. The van der Waals surface area contributed by atoms with Crippen LogP contribution in [-0.4, -0.2) is 36.8 Å². The van der Waals surface area contributed by atoms with Crippen molar-refractivity contribution in [3.63, 3.8) is 0 Å². The first kappa shape index (κ1) is 19.2. The topological polar surface area (TPSA) is 86.7 Å². The fourth-order valence-electron chi connectivity index (χ4n) is 2.97. The molecule has 2 aromatic rings. The van der Waals surface area contributed by atoms with Gasteiger partial charge in [-0.1, -0.05) is 18.2 Å². The molecule has 6 nitrogen and oxygen atoms in total. The van der Waals surface area contributed by atoms with Crippen LogP contribution in [0.2, 0.25) is 0 Å². The number of nitrogens with one attached hydrogen (secondary N) is 1. The summed E-state index contributed by atoms with van der Waals surface area (Å²) in [5.41, 5.74) is -0.366. The molecule has 144 valence electrons. The van der Waals surface area contributed by atoms with Crippen LogP contribution in [0.1, 0.15) is 12.8 Å². The second-order valence-electron chi connectivity index (χ2n) is 6.24. The predicted molar refractivity (Wildman–Crippen MR) is 94.6 cm³/mol. The van der Waals surface area contributed by atoms with Crippen molar-refractivity contribution in [1.82, 2.24) is 4.31 Å². The van der Waals surface area contributed by atoms with Crippen LogP contribution in [0, 0.1) is 17.6 Å². The number of aromatic hydroxyl groups is 1. The van der Waals surface area contributed by atoms with Gasteiger partial charge in [0.15, 0.2) is 11.6 Å². The lowest BCUT2D eigenvalue weighted by atomic mass is 9.97. The zero-order valence-corrected chi connectivity index (χ0v) is 15.0. The number of nitrogens with zero attached hydrogens (tertiary/aromatic N) is 1. The van der Waals surface area contributed by atoms with Crippen molar-refractivity contribution < 1.29 is 27.1 Å². The van der Waals surface area contributed by atoms with Gasteiger partial charge in [-0.3, -0.25) is 4.79 Å². The number of phenolic OH excluding ortho intramolecular Hbond substituents is 1. The highest BCUT2D eigenvalue weighted by Crippen LogP contribution is 2.27. The lowest BCUT2D eigenvalue weighted by Crippen LogP contribution is -2.41. The van der Waals surface area contributed by atoms with Crippen molar-refractivity contribution in [2.45, 2.75) is 17.7 Å². The van der Waals surface area contributed by atoms with E-state index in [2.05, 4.69) is 5.32 Å². The average Bonchev–Trinajstić information content (AvgIpc) is 2.69. The minimum Gasteiger partial charge on any atom is -0.505 e. The van der Waals surface area contributed by atoms with Crippen LogP contribution in [0.5, 0.6) is 5.75 Å². The molecule has 3 rings (SSSR count). The minimum atomic E-state index is -3.62. The number of rotatable bonds is 4. The molecule has 1 fully saturated rings. The van der Waals surface area contributed by atoms with E-state index in [0.717, 1.165) is 12.1 Å². The Morgan fingerprint density at radius 2 is 1.67 bits per heavy atom. The first-order valence-corrected chi connectivity index (χ1v) is 9.77. The highest BCUT2D eigenvalue weighted by atomic mass is 32.2. The summed E-state index contributed by atoms with van der Waals surface area (Å²) in [6.45, 7) is 0.309. The molecule has 1 heterocycles. The molecular weight excluding hydrogens is 378 g/mol. The van der Waals surface area contributed by atoms with Crippen molar-refractivity contribution in [3.05, 3.63) is 54.1 Å². The fourth-order valence-corrected chi connectivity index (χ4v) is 4.46. The molecule has 0 unspecified atom stereocenters. The van der Waals surface area contributed by atoms with E-state index >= 15 is 0 Å². The Bertz CT molecular complexity index is 943. The highest BCUT2D eigenvalue weighted by Gasteiger charge is 2.32. The summed E-state index contributed by atoms with van der Waals surface area (Å²) in [4.78, 5) is 12.5. The third kappa shape index (κ3) is 3.93. The fraction of sp³-hybridized carbons (Fsp3) is 0.278. The monoisotopic (exact) mass is 396 g/mol. The number of hydrogen-bond donors (Lipinski definition) is 2. The van der Waals surface area contributed by atoms with Gasteiger partial charge in [0.1, 0.15) is 0 Å². The summed E-state index contributed by atoms with van der Waals surface area (Å²) in [5.74, 6) is -4.66. The summed E-state index contributed by atoms with van der Waals surface area (Å²) in [5, 5.41) is 11.4. The molecular formula is C18H18F2N2O4S. The van der Waals surface area contributed by atoms with Crippen molar-refractivity contribution in [2.75, 3.05) is 18.4 Å². The van der Waals surface area contributed by atoms with Crippen molar-refractivity contribution in [2.24, 2.45) is 5.92 Å². The van der Waals surface area contributed by atoms with Gasteiger partial charge in [0, 0.05) is 19.0 Å². The van der Waals surface area contributed by atoms with Gasteiger partial charge in [0.05, 0.1) is 10.6 Å². The maximum atomic E-state index is 13.8. The van der Waals surface area contributed by atoms with Crippen LogP contribution in [0.4, 0.5) is 14.5 Å². The first-order chi connectivity index (χ1) is 12.8. The third-order valence-electron chi connectivity index (χ3n) is 4.53. The molecule has 0 atom stereocenters. The van der Waals surface area contributed by atoms with E-state index in [-0.39, 0.29) is 36.5 Å². The Labute approximate surface area is 155 Å². The molecule has 2 N–H and O–H groups in total. The number of amides is 1. The smallest absolute Gasteiger partial charge is 0.243 e. The van der Waals surface area contributed by atoms with Crippen LogP contribution in [-0.2, 0) is 14.8 Å². The van der Waals surface area contributed by atoms with E-state index in [1.807, 2.05) is 0 Å².